The number of amidine groups is 1. The molecule has 1 aromatic carbocycles. The van der Waals surface area contributed by atoms with Gasteiger partial charge in [0, 0.05) is 46.4 Å². The van der Waals surface area contributed by atoms with Crippen molar-refractivity contribution in [1.82, 2.24) is 19.9 Å². The number of hydrogen-bond donors (Lipinski definition) is 1. The molecule has 0 aliphatic carbocycles. The average Bonchev–Trinajstić information content (AvgIpc) is 3.22. The summed E-state index contributed by atoms with van der Waals surface area (Å²) < 4.78 is 35.7. The van der Waals surface area contributed by atoms with E-state index in [1.807, 2.05) is 6.07 Å². The van der Waals surface area contributed by atoms with Gasteiger partial charge in [-0.05, 0) is 54.1 Å². The highest BCUT2D eigenvalue weighted by atomic mass is 35.5. The highest BCUT2D eigenvalue weighted by Gasteiger charge is 2.49. The van der Waals surface area contributed by atoms with Crippen LogP contribution in [0.15, 0.2) is 84.4 Å². The smallest absolute Gasteiger partial charge is 0.223 e. The van der Waals surface area contributed by atoms with Gasteiger partial charge in [0.25, 0.3) is 0 Å². The molecule has 2 aliphatic heterocycles. The number of ether oxygens (including phenoxy) is 1. The lowest BCUT2D eigenvalue weighted by atomic mass is 9.75. The Labute approximate surface area is 219 Å². The zero-order valence-corrected chi connectivity index (χ0v) is 20.1. The van der Waals surface area contributed by atoms with Crippen molar-refractivity contribution in [2.75, 3.05) is 0 Å². The van der Waals surface area contributed by atoms with Crippen molar-refractivity contribution in [2.45, 2.75) is 5.54 Å². The average molecular weight is 525 g/mol. The zero-order chi connectivity index (χ0) is 26.0. The van der Waals surface area contributed by atoms with E-state index in [0.717, 1.165) is 0 Å². The second-order valence-corrected chi connectivity index (χ2v) is 9.21. The van der Waals surface area contributed by atoms with Crippen LogP contribution in [-0.2, 0) is 5.54 Å². The Morgan fingerprint density at radius 2 is 1.66 bits per heavy atom. The normalized spacial score (nSPS) is 16.9. The summed E-state index contributed by atoms with van der Waals surface area (Å²) in [5, 5.41) is 0.0290. The van der Waals surface area contributed by atoms with Crippen molar-refractivity contribution in [1.29, 1.82) is 0 Å². The Morgan fingerprint density at radius 3 is 2.50 bits per heavy atom. The number of pyridine rings is 4. The maximum absolute atomic E-state index is 14.8. The number of fused-ring (bicyclic) bond motifs is 6. The minimum Gasteiger partial charge on any atom is -0.455 e. The summed E-state index contributed by atoms with van der Waals surface area (Å²) in [7, 11) is 0. The molecule has 2 aliphatic rings. The molecular weight excluding hydrogens is 510 g/mol. The molecule has 0 saturated carbocycles. The summed E-state index contributed by atoms with van der Waals surface area (Å²) in [6, 6.07) is 15.1. The van der Waals surface area contributed by atoms with Crippen LogP contribution in [0.2, 0.25) is 5.15 Å². The molecule has 7 nitrogen and oxygen atoms in total. The monoisotopic (exact) mass is 524 g/mol. The van der Waals surface area contributed by atoms with E-state index in [1.165, 1.54) is 24.5 Å². The summed E-state index contributed by atoms with van der Waals surface area (Å²) in [4.78, 5) is 21.2. The Hall–Kier alpha value is -4.76. The number of hydrogen-bond acceptors (Lipinski definition) is 7. The molecule has 0 saturated heterocycles. The lowest BCUT2D eigenvalue weighted by molar-refractivity contribution is 0.422. The van der Waals surface area contributed by atoms with E-state index in [0.29, 0.717) is 56.4 Å². The summed E-state index contributed by atoms with van der Waals surface area (Å²) >= 11 is 5.86. The molecule has 2 N–H and O–H groups in total. The third kappa shape index (κ3) is 3.15. The van der Waals surface area contributed by atoms with Crippen LogP contribution in [0.5, 0.6) is 11.5 Å². The van der Waals surface area contributed by atoms with Crippen molar-refractivity contribution in [2.24, 2.45) is 10.7 Å². The Balaban J connectivity index is 1.53. The molecule has 10 heteroatoms. The molecule has 7 rings (SSSR count). The lowest BCUT2D eigenvalue weighted by Gasteiger charge is -2.36. The minimum absolute atomic E-state index is 0.0290. The molecule has 1 atom stereocenters. The van der Waals surface area contributed by atoms with Gasteiger partial charge >= 0.3 is 0 Å². The Morgan fingerprint density at radius 1 is 0.789 bits per heavy atom. The number of aliphatic imine (C=N–C) groups is 1. The van der Waals surface area contributed by atoms with Crippen LogP contribution in [0.25, 0.3) is 22.4 Å². The molecule has 38 heavy (non-hydrogen) atoms. The first-order valence-electron chi connectivity index (χ1n) is 11.5. The van der Waals surface area contributed by atoms with E-state index < -0.39 is 17.4 Å². The third-order valence-corrected chi connectivity index (χ3v) is 6.99. The van der Waals surface area contributed by atoms with Crippen molar-refractivity contribution >= 4 is 17.4 Å². The summed E-state index contributed by atoms with van der Waals surface area (Å²) in [6.07, 6.45) is 6.23. The summed E-state index contributed by atoms with van der Waals surface area (Å²) in [5.41, 5.74) is 9.19. The highest BCUT2D eigenvalue weighted by molar-refractivity contribution is 6.29. The maximum atomic E-state index is 14.8. The molecule has 0 bridgehead atoms. The summed E-state index contributed by atoms with van der Waals surface area (Å²) in [5.74, 6) is -0.156. The fourth-order valence-corrected chi connectivity index (χ4v) is 5.25. The van der Waals surface area contributed by atoms with E-state index in [-0.39, 0.29) is 10.7 Å². The van der Waals surface area contributed by atoms with Gasteiger partial charge < -0.3 is 10.5 Å². The number of halogens is 3. The third-order valence-electron chi connectivity index (χ3n) is 6.78. The first kappa shape index (κ1) is 22.4. The van der Waals surface area contributed by atoms with Crippen LogP contribution in [0.4, 0.5) is 8.78 Å². The number of rotatable bonds is 2. The van der Waals surface area contributed by atoms with Crippen molar-refractivity contribution in [3.05, 3.63) is 119 Å². The van der Waals surface area contributed by atoms with Crippen LogP contribution in [0, 0.1) is 11.9 Å². The van der Waals surface area contributed by atoms with Crippen LogP contribution in [0.3, 0.4) is 0 Å². The molecule has 0 fully saturated rings. The van der Waals surface area contributed by atoms with Gasteiger partial charge in [0.2, 0.25) is 11.9 Å². The quantitative estimate of drug-likeness (QED) is 0.300. The van der Waals surface area contributed by atoms with Gasteiger partial charge in [-0.25, -0.2) is 15.0 Å². The van der Waals surface area contributed by atoms with E-state index in [2.05, 4.69) is 19.9 Å². The Kier molecular flexibility index (Phi) is 4.80. The SMILES string of the molecule is NC1=N[C@@]2(c3cc(-c4cccnc4F)ccc3Oc3cnc(-c4ccc(Cl)nc4F)cc32)c2cnccc21. The van der Waals surface area contributed by atoms with Gasteiger partial charge in [0.15, 0.2) is 5.75 Å². The van der Waals surface area contributed by atoms with Crippen molar-refractivity contribution in [3.63, 3.8) is 0 Å². The van der Waals surface area contributed by atoms with E-state index >= 15 is 0 Å². The highest BCUT2D eigenvalue weighted by Crippen LogP contribution is 2.56. The molecular formula is C28H15ClF2N6O. The van der Waals surface area contributed by atoms with Crippen LogP contribution in [0.1, 0.15) is 22.3 Å². The topological polar surface area (TPSA) is 99.2 Å². The van der Waals surface area contributed by atoms with Gasteiger partial charge in [0.05, 0.1) is 17.5 Å². The second-order valence-electron chi connectivity index (χ2n) is 8.82. The van der Waals surface area contributed by atoms with Crippen LogP contribution >= 0.6 is 11.6 Å². The van der Waals surface area contributed by atoms with Crippen LogP contribution < -0.4 is 10.5 Å². The first-order chi connectivity index (χ1) is 18.5. The number of nitrogens with two attached hydrogens (primary N) is 1. The summed E-state index contributed by atoms with van der Waals surface area (Å²) in [6.45, 7) is 0. The van der Waals surface area contributed by atoms with Crippen molar-refractivity contribution in [3.8, 4) is 33.9 Å². The Bertz CT molecular complexity index is 1830. The predicted molar refractivity (Wildman–Crippen MR) is 137 cm³/mol. The second kappa shape index (κ2) is 8.12. The number of aromatic nitrogens is 4. The van der Waals surface area contributed by atoms with Gasteiger partial charge in [0.1, 0.15) is 22.3 Å². The maximum Gasteiger partial charge on any atom is 0.223 e. The predicted octanol–water partition coefficient (Wildman–Crippen LogP) is 5.65. The van der Waals surface area contributed by atoms with Gasteiger partial charge in [-0.2, -0.15) is 8.78 Å². The minimum atomic E-state index is -1.21. The van der Waals surface area contributed by atoms with Crippen LogP contribution in [-0.4, -0.2) is 25.8 Å². The van der Waals surface area contributed by atoms with Gasteiger partial charge in [-0.3, -0.25) is 9.97 Å². The molecule has 5 aromatic rings. The van der Waals surface area contributed by atoms with E-state index in [4.69, 9.17) is 27.1 Å². The molecule has 0 radical (unpaired) electrons. The number of nitrogens with zero attached hydrogens (tertiary/aromatic N) is 5. The number of benzene rings is 1. The molecule has 0 amide bonds. The van der Waals surface area contributed by atoms with Gasteiger partial charge in [-0.15, -0.1) is 0 Å². The van der Waals surface area contributed by atoms with E-state index in [1.54, 1.807) is 48.8 Å². The molecule has 1 spiro atoms. The molecule has 0 unspecified atom stereocenters. The lowest BCUT2D eigenvalue weighted by Crippen LogP contribution is -2.30. The molecule has 6 heterocycles. The molecule has 4 aromatic heterocycles. The van der Waals surface area contributed by atoms with E-state index in [9.17, 15) is 8.78 Å². The largest absolute Gasteiger partial charge is 0.455 e. The van der Waals surface area contributed by atoms with Gasteiger partial charge in [-0.1, -0.05) is 17.7 Å². The fourth-order valence-electron chi connectivity index (χ4n) is 5.11. The standard InChI is InChI=1S/C28H15ClF2N6O/c29-24-6-4-17(26(31)36-24)21-11-19-23(13-35-21)38-22-5-3-14(15-2-1-8-34-25(15)30)10-18(22)28(19)20-12-33-9-7-16(20)27(32)37-28/h1-13H,(H2,32,37)/t28-/m1/s1. The van der Waals surface area contributed by atoms with Crippen molar-refractivity contribution < 1.29 is 13.5 Å². The first-order valence-corrected chi connectivity index (χ1v) is 11.9. The molecule has 184 valence electrons. The zero-order valence-electron chi connectivity index (χ0n) is 19.4. The fraction of sp³-hybridized carbons (Fsp3) is 0.0357.